The summed E-state index contributed by atoms with van der Waals surface area (Å²) in [6.07, 6.45) is -9.87. The van der Waals surface area contributed by atoms with Crippen molar-refractivity contribution in [3.8, 4) is 16.9 Å². The van der Waals surface area contributed by atoms with E-state index in [1.54, 1.807) is 36.4 Å². The maximum atomic E-state index is 13.3. The lowest BCUT2D eigenvalue weighted by Crippen LogP contribution is -2.13. The highest BCUT2D eigenvalue weighted by molar-refractivity contribution is 5.82. The minimum Gasteiger partial charge on any atom is -0.508 e. The third-order valence-corrected chi connectivity index (χ3v) is 4.88. The molecule has 144 valence electrons. The fourth-order valence-corrected chi connectivity index (χ4v) is 3.73. The number of hydrogen-bond donors (Lipinski definition) is 1. The average molecular weight is 394 g/mol. The van der Waals surface area contributed by atoms with Crippen LogP contribution in [0.1, 0.15) is 33.7 Å². The zero-order chi connectivity index (χ0) is 20.3. The molecule has 0 spiro atoms. The van der Waals surface area contributed by atoms with Gasteiger partial charge >= 0.3 is 12.4 Å². The van der Waals surface area contributed by atoms with Crippen molar-refractivity contribution in [2.45, 2.75) is 18.3 Å². The zero-order valence-corrected chi connectivity index (χ0v) is 14.1. The highest BCUT2D eigenvalue weighted by Crippen LogP contribution is 2.52. The van der Waals surface area contributed by atoms with Gasteiger partial charge in [-0.15, -0.1) is 0 Å². The predicted octanol–water partition coefficient (Wildman–Crippen LogP) is 6.59. The van der Waals surface area contributed by atoms with Gasteiger partial charge in [0, 0.05) is 11.5 Å². The molecule has 1 atom stereocenters. The summed E-state index contributed by atoms with van der Waals surface area (Å²) in [5, 5.41) is 10.3. The second-order valence-corrected chi connectivity index (χ2v) is 6.60. The first-order valence-corrected chi connectivity index (χ1v) is 8.28. The van der Waals surface area contributed by atoms with E-state index < -0.39 is 29.4 Å². The third-order valence-electron chi connectivity index (χ3n) is 4.88. The Balaban J connectivity index is 2.02. The molecule has 0 radical (unpaired) electrons. The van der Waals surface area contributed by atoms with Crippen molar-refractivity contribution in [2.24, 2.45) is 0 Å². The van der Waals surface area contributed by atoms with E-state index in [0.717, 1.165) is 12.1 Å². The first-order valence-electron chi connectivity index (χ1n) is 8.28. The molecular weight excluding hydrogens is 382 g/mol. The molecule has 0 fully saturated rings. The molecule has 0 aromatic heterocycles. The fraction of sp³-hybridized carbons (Fsp3) is 0.143. The van der Waals surface area contributed by atoms with Crippen molar-refractivity contribution in [1.29, 1.82) is 0 Å². The summed E-state index contributed by atoms with van der Waals surface area (Å²) < 4.78 is 79.7. The number of rotatable bonds is 1. The maximum absolute atomic E-state index is 13.3. The number of halogens is 6. The van der Waals surface area contributed by atoms with Gasteiger partial charge in [-0.3, -0.25) is 0 Å². The van der Waals surface area contributed by atoms with Crippen molar-refractivity contribution in [3.63, 3.8) is 0 Å². The second-order valence-electron chi connectivity index (χ2n) is 6.60. The molecule has 0 heterocycles. The first kappa shape index (κ1) is 18.4. The van der Waals surface area contributed by atoms with Crippen LogP contribution in [-0.2, 0) is 12.4 Å². The topological polar surface area (TPSA) is 20.2 Å². The van der Waals surface area contributed by atoms with Crippen LogP contribution in [0.5, 0.6) is 5.75 Å². The van der Waals surface area contributed by atoms with Crippen molar-refractivity contribution in [2.75, 3.05) is 0 Å². The number of fused-ring (bicyclic) bond motifs is 3. The van der Waals surface area contributed by atoms with Crippen molar-refractivity contribution in [3.05, 3.63) is 88.5 Å². The molecule has 3 aromatic rings. The largest absolute Gasteiger partial charge is 0.508 e. The lowest BCUT2D eigenvalue weighted by atomic mass is 9.86. The molecule has 0 bridgehead atoms. The average Bonchev–Trinajstić information content (AvgIpc) is 2.96. The van der Waals surface area contributed by atoms with Crippen LogP contribution >= 0.6 is 0 Å². The summed E-state index contributed by atoms with van der Waals surface area (Å²) in [5.41, 5.74) is -0.814. The number of aromatic hydroxyl groups is 1. The Bertz CT molecular complexity index is 1030. The van der Waals surface area contributed by atoms with Crippen LogP contribution in [0, 0.1) is 0 Å². The van der Waals surface area contributed by atoms with Gasteiger partial charge in [-0.2, -0.15) is 26.3 Å². The monoisotopic (exact) mass is 394 g/mol. The van der Waals surface area contributed by atoms with E-state index in [0.29, 0.717) is 22.3 Å². The van der Waals surface area contributed by atoms with Crippen LogP contribution in [0.3, 0.4) is 0 Å². The molecule has 7 heteroatoms. The molecule has 1 nitrogen and oxygen atoms in total. The number of phenolic OH excluding ortho intramolecular Hbond substituents is 1. The second kappa shape index (κ2) is 6.02. The lowest BCUT2D eigenvalue weighted by Gasteiger charge is -2.20. The number of phenols is 1. The van der Waals surface area contributed by atoms with Crippen LogP contribution in [0.25, 0.3) is 11.1 Å². The highest BCUT2D eigenvalue weighted by Gasteiger charge is 2.39. The van der Waals surface area contributed by atoms with Gasteiger partial charge in [0.1, 0.15) is 5.75 Å². The Hall–Kier alpha value is -2.96. The van der Waals surface area contributed by atoms with Crippen molar-refractivity contribution in [1.82, 2.24) is 0 Å². The zero-order valence-electron chi connectivity index (χ0n) is 14.1. The van der Waals surface area contributed by atoms with E-state index in [4.69, 9.17) is 0 Å². The van der Waals surface area contributed by atoms with E-state index in [1.165, 1.54) is 6.07 Å². The summed E-state index contributed by atoms with van der Waals surface area (Å²) in [6, 6.07) is 12.9. The highest BCUT2D eigenvalue weighted by atomic mass is 19.4. The Morgan fingerprint density at radius 1 is 0.679 bits per heavy atom. The number of benzene rings is 3. The molecule has 1 unspecified atom stereocenters. The SMILES string of the molecule is Oc1cccc2c1C(c1cc(C(F)(F)F)cc(C(F)(F)F)c1)c1ccccc1-2. The van der Waals surface area contributed by atoms with Gasteiger partial charge in [-0.05, 0) is 46.5 Å². The Morgan fingerprint density at radius 3 is 1.86 bits per heavy atom. The minimum atomic E-state index is -4.93. The van der Waals surface area contributed by atoms with Gasteiger partial charge in [0.2, 0.25) is 0 Å². The van der Waals surface area contributed by atoms with Gasteiger partial charge in [0.25, 0.3) is 0 Å². The molecule has 0 aliphatic heterocycles. The number of hydrogen-bond acceptors (Lipinski definition) is 1. The summed E-state index contributed by atoms with van der Waals surface area (Å²) in [6.45, 7) is 0. The van der Waals surface area contributed by atoms with E-state index >= 15 is 0 Å². The lowest BCUT2D eigenvalue weighted by molar-refractivity contribution is -0.143. The van der Waals surface area contributed by atoms with E-state index in [9.17, 15) is 31.4 Å². The third kappa shape index (κ3) is 2.91. The predicted molar refractivity (Wildman–Crippen MR) is 90.9 cm³/mol. The molecule has 4 rings (SSSR count). The van der Waals surface area contributed by atoms with Crippen LogP contribution in [0.4, 0.5) is 26.3 Å². The van der Waals surface area contributed by atoms with Crippen LogP contribution in [0.15, 0.2) is 60.7 Å². The molecule has 0 amide bonds. The summed E-state index contributed by atoms with van der Waals surface area (Å²) >= 11 is 0. The first-order chi connectivity index (χ1) is 13.1. The molecule has 0 saturated heterocycles. The quantitative estimate of drug-likeness (QED) is 0.361. The van der Waals surface area contributed by atoms with Crippen LogP contribution in [-0.4, -0.2) is 5.11 Å². The smallest absolute Gasteiger partial charge is 0.416 e. The van der Waals surface area contributed by atoms with Crippen LogP contribution < -0.4 is 0 Å². The van der Waals surface area contributed by atoms with Crippen molar-refractivity contribution < 1.29 is 31.4 Å². The summed E-state index contributed by atoms with van der Waals surface area (Å²) in [5.74, 6) is -1.11. The van der Waals surface area contributed by atoms with E-state index in [1.807, 2.05) is 0 Å². The van der Waals surface area contributed by atoms with E-state index in [-0.39, 0.29) is 17.4 Å². The molecule has 3 aromatic carbocycles. The van der Waals surface area contributed by atoms with E-state index in [2.05, 4.69) is 0 Å². The number of alkyl halides is 6. The maximum Gasteiger partial charge on any atom is 0.416 e. The Labute approximate surface area is 155 Å². The van der Waals surface area contributed by atoms with Gasteiger partial charge in [0.05, 0.1) is 11.1 Å². The normalized spacial score (nSPS) is 16.0. The van der Waals surface area contributed by atoms with Gasteiger partial charge in [0.15, 0.2) is 0 Å². The van der Waals surface area contributed by atoms with Gasteiger partial charge in [-0.25, -0.2) is 0 Å². The summed E-state index contributed by atoms with van der Waals surface area (Å²) in [4.78, 5) is 0. The minimum absolute atomic E-state index is 0.107. The molecular formula is C21H12F6O. The van der Waals surface area contributed by atoms with Gasteiger partial charge in [-0.1, -0.05) is 36.4 Å². The molecule has 1 N–H and O–H groups in total. The fourth-order valence-electron chi connectivity index (χ4n) is 3.73. The van der Waals surface area contributed by atoms with Crippen LogP contribution in [0.2, 0.25) is 0 Å². The van der Waals surface area contributed by atoms with Crippen molar-refractivity contribution >= 4 is 0 Å². The molecule has 1 aliphatic carbocycles. The Morgan fingerprint density at radius 2 is 1.25 bits per heavy atom. The molecule has 1 aliphatic rings. The summed E-state index contributed by atoms with van der Waals surface area (Å²) in [7, 11) is 0. The standard InChI is InChI=1S/C21H12F6O/c22-20(23,24)12-8-11(9-13(10-12)21(25,26)27)18-15-5-2-1-4-14(15)16-6-3-7-17(28)19(16)18/h1-10,18,28H. The Kier molecular flexibility index (Phi) is 3.96. The molecule has 0 saturated carbocycles. The van der Waals surface area contributed by atoms with Gasteiger partial charge < -0.3 is 5.11 Å². The molecule has 28 heavy (non-hydrogen) atoms.